The van der Waals surface area contributed by atoms with E-state index in [1.807, 2.05) is 0 Å². The highest BCUT2D eigenvalue weighted by molar-refractivity contribution is 7.99. The third-order valence-corrected chi connectivity index (χ3v) is 2.39. The number of hydrogen-bond acceptors (Lipinski definition) is 5. The zero-order valence-corrected chi connectivity index (χ0v) is 8.38. The second-order valence-corrected chi connectivity index (χ2v) is 3.59. The van der Waals surface area contributed by atoms with Crippen molar-refractivity contribution in [2.45, 2.75) is 11.4 Å². The van der Waals surface area contributed by atoms with E-state index in [9.17, 15) is 0 Å². The number of methoxy groups -OCH3 is 1. The number of anilines is 1. The van der Waals surface area contributed by atoms with Gasteiger partial charge in [0, 0.05) is 19.5 Å². The lowest BCUT2D eigenvalue weighted by molar-refractivity contribution is 0.200. The van der Waals surface area contributed by atoms with Crippen LogP contribution in [0.3, 0.4) is 0 Å². The summed E-state index contributed by atoms with van der Waals surface area (Å²) in [6.45, 7) is 0.787. The highest BCUT2D eigenvalue weighted by Crippen LogP contribution is 2.14. The first kappa shape index (κ1) is 10.3. The summed E-state index contributed by atoms with van der Waals surface area (Å²) in [5.74, 6) is 1.45. The Morgan fingerprint density at radius 1 is 1.46 bits per heavy atom. The van der Waals surface area contributed by atoms with Gasteiger partial charge in [-0.15, -0.1) is 11.8 Å². The number of nitrogens with two attached hydrogens (primary N) is 1. The molecule has 0 aromatic carbocycles. The molecular weight excluding hydrogens is 186 g/mol. The molecule has 0 bridgehead atoms. The van der Waals surface area contributed by atoms with Crippen LogP contribution in [-0.4, -0.2) is 29.4 Å². The number of thioether (sulfide) groups is 1. The summed E-state index contributed by atoms with van der Waals surface area (Å²) in [7, 11) is 1.70. The maximum Gasteiger partial charge on any atom is 0.141 e. The summed E-state index contributed by atoms with van der Waals surface area (Å²) >= 11 is 1.66. The molecule has 0 fully saturated rings. The standard InChI is InChI=1S/C8H13N3OS/c1-12-3-2-4-13-8-6-10-7(9)5-11-8/h5-6H,2-4H2,1H3,(H2,9,10). The molecule has 0 saturated carbocycles. The summed E-state index contributed by atoms with van der Waals surface area (Å²) in [4.78, 5) is 8.05. The van der Waals surface area contributed by atoms with E-state index in [0.29, 0.717) is 5.82 Å². The van der Waals surface area contributed by atoms with Gasteiger partial charge in [-0.3, -0.25) is 0 Å². The minimum atomic E-state index is 0.459. The Kier molecular flexibility index (Phi) is 4.56. The Hall–Kier alpha value is -0.810. The van der Waals surface area contributed by atoms with Crippen molar-refractivity contribution in [3.05, 3.63) is 12.4 Å². The van der Waals surface area contributed by atoms with Crippen LogP contribution in [0.1, 0.15) is 6.42 Å². The van der Waals surface area contributed by atoms with Crippen LogP contribution >= 0.6 is 11.8 Å². The Morgan fingerprint density at radius 3 is 2.92 bits per heavy atom. The van der Waals surface area contributed by atoms with Gasteiger partial charge in [0.05, 0.1) is 12.4 Å². The molecule has 5 heteroatoms. The SMILES string of the molecule is COCCCSc1cnc(N)cn1. The van der Waals surface area contributed by atoms with Gasteiger partial charge < -0.3 is 10.5 Å². The van der Waals surface area contributed by atoms with Crippen molar-refractivity contribution in [2.75, 3.05) is 25.2 Å². The summed E-state index contributed by atoms with van der Waals surface area (Å²) in [5, 5.41) is 0.908. The molecule has 0 amide bonds. The van der Waals surface area contributed by atoms with Crippen molar-refractivity contribution in [2.24, 2.45) is 0 Å². The summed E-state index contributed by atoms with van der Waals surface area (Å²) in [5.41, 5.74) is 5.40. The van der Waals surface area contributed by atoms with Crippen LogP contribution in [0.4, 0.5) is 5.82 Å². The normalized spacial score (nSPS) is 10.2. The highest BCUT2D eigenvalue weighted by atomic mass is 32.2. The van der Waals surface area contributed by atoms with Crippen molar-refractivity contribution in [1.82, 2.24) is 9.97 Å². The molecule has 1 aromatic rings. The second-order valence-electron chi connectivity index (χ2n) is 2.47. The molecule has 0 aliphatic carbocycles. The molecule has 0 unspecified atom stereocenters. The fraction of sp³-hybridized carbons (Fsp3) is 0.500. The van der Waals surface area contributed by atoms with E-state index in [1.165, 1.54) is 0 Å². The van der Waals surface area contributed by atoms with Crippen molar-refractivity contribution >= 4 is 17.6 Å². The predicted molar refractivity (Wildman–Crippen MR) is 53.7 cm³/mol. The first-order valence-corrected chi connectivity index (χ1v) is 5.00. The minimum absolute atomic E-state index is 0.459. The third-order valence-electron chi connectivity index (χ3n) is 1.39. The van der Waals surface area contributed by atoms with E-state index in [-0.39, 0.29) is 0 Å². The van der Waals surface area contributed by atoms with Crippen molar-refractivity contribution in [3.8, 4) is 0 Å². The lowest BCUT2D eigenvalue weighted by Gasteiger charge is -1.99. The van der Waals surface area contributed by atoms with Crippen LogP contribution in [-0.2, 0) is 4.74 Å². The monoisotopic (exact) mass is 199 g/mol. The highest BCUT2D eigenvalue weighted by Gasteiger charge is 1.95. The number of ether oxygens (including phenoxy) is 1. The molecule has 4 nitrogen and oxygen atoms in total. The van der Waals surface area contributed by atoms with Crippen LogP contribution in [0, 0.1) is 0 Å². The van der Waals surface area contributed by atoms with Crippen LogP contribution in [0.25, 0.3) is 0 Å². The first-order valence-electron chi connectivity index (χ1n) is 4.02. The predicted octanol–water partition coefficient (Wildman–Crippen LogP) is 1.19. The third kappa shape index (κ3) is 4.10. The van der Waals surface area contributed by atoms with E-state index in [2.05, 4.69) is 9.97 Å². The van der Waals surface area contributed by atoms with E-state index < -0.39 is 0 Å². The molecule has 0 saturated heterocycles. The first-order chi connectivity index (χ1) is 6.33. The van der Waals surface area contributed by atoms with E-state index in [0.717, 1.165) is 23.8 Å². The van der Waals surface area contributed by atoms with E-state index >= 15 is 0 Å². The molecular formula is C8H13N3OS. The zero-order chi connectivity index (χ0) is 9.52. The molecule has 13 heavy (non-hydrogen) atoms. The lowest BCUT2D eigenvalue weighted by Crippen LogP contribution is -1.93. The maximum absolute atomic E-state index is 5.40. The molecule has 0 radical (unpaired) electrons. The van der Waals surface area contributed by atoms with Crippen molar-refractivity contribution < 1.29 is 4.74 Å². The molecule has 1 aromatic heterocycles. The summed E-state index contributed by atoms with van der Waals surface area (Å²) in [6, 6.07) is 0. The molecule has 2 N–H and O–H groups in total. The average molecular weight is 199 g/mol. The number of hydrogen-bond donors (Lipinski definition) is 1. The fourth-order valence-corrected chi connectivity index (χ4v) is 1.51. The Labute approximate surface area is 81.9 Å². The van der Waals surface area contributed by atoms with E-state index in [4.69, 9.17) is 10.5 Å². The average Bonchev–Trinajstić information content (AvgIpc) is 2.15. The van der Waals surface area contributed by atoms with Gasteiger partial charge in [-0.2, -0.15) is 0 Å². The Balaban J connectivity index is 2.25. The van der Waals surface area contributed by atoms with Crippen molar-refractivity contribution in [3.63, 3.8) is 0 Å². The van der Waals surface area contributed by atoms with Gasteiger partial charge in [0.2, 0.25) is 0 Å². The smallest absolute Gasteiger partial charge is 0.141 e. The van der Waals surface area contributed by atoms with Gasteiger partial charge >= 0.3 is 0 Å². The van der Waals surface area contributed by atoms with E-state index in [1.54, 1.807) is 31.3 Å². The molecule has 0 spiro atoms. The molecule has 72 valence electrons. The minimum Gasteiger partial charge on any atom is -0.385 e. The lowest BCUT2D eigenvalue weighted by atomic mass is 10.5. The molecule has 1 heterocycles. The molecule has 0 aliphatic heterocycles. The van der Waals surface area contributed by atoms with Crippen LogP contribution in [0.15, 0.2) is 17.4 Å². The van der Waals surface area contributed by atoms with Gasteiger partial charge in [0.1, 0.15) is 10.8 Å². The maximum atomic E-state index is 5.40. The Morgan fingerprint density at radius 2 is 2.31 bits per heavy atom. The second kappa shape index (κ2) is 5.77. The summed E-state index contributed by atoms with van der Waals surface area (Å²) < 4.78 is 4.93. The molecule has 0 aliphatic rings. The zero-order valence-electron chi connectivity index (χ0n) is 7.56. The Bertz CT molecular complexity index is 240. The number of nitrogen functional groups attached to an aromatic ring is 1. The van der Waals surface area contributed by atoms with Crippen LogP contribution < -0.4 is 5.73 Å². The van der Waals surface area contributed by atoms with Crippen molar-refractivity contribution in [1.29, 1.82) is 0 Å². The topological polar surface area (TPSA) is 61.0 Å². The number of rotatable bonds is 5. The molecule has 1 rings (SSSR count). The van der Waals surface area contributed by atoms with Gasteiger partial charge in [-0.05, 0) is 6.42 Å². The molecule has 0 atom stereocenters. The quantitative estimate of drug-likeness (QED) is 0.570. The van der Waals surface area contributed by atoms with Crippen LogP contribution in [0.5, 0.6) is 0 Å². The van der Waals surface area contributed by atoms with Crippen LogP contribution in [0.2, 0.25) is 0 Å². The number of aromatic nitrogens is 2. The van der Waals surface area contributed by atoms with Gasteiger partial charge in [-0.1, -0.05) is 0 Å². The van der Waals surface area contributed by atoms with Gasteiger partial charge in [0.15, 0.2) is 0 Å². The fourth-order valence-electron chi connectivity index (χ4n) is 0.781. The summed E-state index contributed by atoms with van der Waals surface area (Å²) in [6.07, 6.45) is 4.28. The number of nitrogens with zero attached hydrogens (tertiary/aromatic N) is 2. The largest absolute Gasteiger partial charge is 0.385 e. The van der Waals surface area contributed by atoms with Gasteiger partial charge in [0.25, 0.3) is 0 Å². The van der Waals surface area contributed by atoms with Gasteiger partial charge in [-0.25, -0.2) is 9.97 Å².